The van der Waals surface area contributed by atoms with E-state index in [4.69, 9.17) is 0 Å². The molecule has 0 aliphatic heterocycles. The van der Waals surface area contributed by atoms with Crippen molar-refractivity contribution in [3.05, 3.63) is 0 Å². The number of halogens is 1. The minimum absolute atomic E-state index is 0.485. The fourth-order valence-electron chi connectivity index (χ4n) is 1.01. The third-order valence-corrected chi connectivity index (χ3v) is 4.01. The lowest BCUT2D eigenvalue weighted by Gasteiger charge is -2.29. The van der Waals surface area contributed by atoms with Gasteiger partial charge in [-0.15, -0.1) is 0 Å². The molecule has 0 heterocycles. The van der Waals surface area contributed by atoms with E-state index < -0.39 is 0 Å². The molecule has 0 aliphatic rings. The van der Waals surface area contributed by atoms with Crippen LogP contribution in [0.15, 0.2) is 0 Å². The molecule has 0 amide bonds. The molecule has 0 N–H and O–H groups in total. The van der Waals surface area contributed by atoms with Gasteiger partial charge in [0.05, 0.1) is 0 Å². The van der Waals surface area contributed by atoms with Crippen LogP contribution in [0.5, 0.6) is 0 Å². The Labute approximate surface area is 86.3 Å². The van der Waals surface area contributed by atoms with Crippen LogP contribution in [0.25, 0.3) is 0 Å². The maximum absolute atomic E-state index is 3.60. The molecular formula is C11H23Br. The summed E-state index contributed by atoms with van der Waals surface area (Å²) in [5.74, 6) is 0. The summed E-state index contributed by atoms with van der Waals surface area (Å²) in [7, 11) is 0. The van der Waals surface area contributed by atoms with Crippen molar-refractivity contribution in [3.63, 3.8) is 0 Å². The molecule has 1 atom stereocenters. The highest BCUT2D eigenvalue weighted by molar-refractivity contribution is 9.09. The standard InChI is InChI=1S/C11H23Br/c1-6-11(5,9-12)8-7-10(2,3)4/h6-9H2,1-5H3. The molecule has 0 nitrogen and oxygen atoms in total. The molecule has 12 heavy (non-hydrogen) atoms. The summed E-state index contributed by atoms with van der Waals surface area (Å²) in [5, 5.41) is 1.13. The Morgan fingerprint density at radius 2 is 1.50 bits per heavy atom. The average Bonchev–Trinajstić information content (AvgIpc) is 1.99. The van der Waals surface area contributed by atoms with Crippen molar-refractivity contribution in [2.45, 2.75) is 53.9 Å². The van der Waals surface area contributed by atoms with E-state index in [1.165, 1.54) is 19.3 Å². The van der Waals surface area contributed by atoms with Crippen molar-refractivity contribution in [3.8, 4) is 0 Å². The molecular weight excluding hydrogens is 212 g/mol. The Bertz CT molecular complexity index is 117. The third-order valence-electron chi connectivity index (χ3n) is 2.65. The van der Waals surface area contributed by atoms with Crippen molar-refractivity contribution in [1.29, 1.82) is 0 Å². The second kappa shape index (κ2) is 4.64. The monoisotopic (exact) mass is 234 g/mol. The summed E-state index contributed by atoms with van der Waals surface area (Å²) in [4.78, 5) is 0. The molecule has 0 spiro atoms. The lowest BCUT2D eigenvalue weighted by molar-refractivity contribution is 0.255. The molecule has 0 fully saturated rings. The topological polar surface area (TPSA) is 0 Å². The van der Waals surface area contributed by atoms with E-state index in [2.05, 4.69) is 50.5 Å². The van der Waals surface area contributed by atoms with E-state index in [1.54, 1.807) is 0 Å². The van der Waals surface area contributed by atoms with Crippen molar-refractivity contribution in [1.82, 2.24) is 0 Å². The van der Waals surface area contributed by atoms with Crippen LogP contribution < -0.4 is 0 Å². The minimum atomic E-state index is 0.485. The van der Waals surface area contributed by atoms with Crippen molar-refractivity contribution in [2.24, 2.45) is 10.8 Å². The first kappa shape index (κ1) is 12.5. The van der Waals surface area contributed by atoms with Gasteiger partial charge in [-0.2, -0.15) is 0 Å². The summed E-state index contributed by atoms with van der Waals surface area (Å²) in [5.41, 5.74) is 0.992. The first-order valence-corrected chi connectivity index (χ1v) is 6.01. The minimum Gasteiger partial charge on any atom is -0.0922 e. The van der Waals surface area contributed by atoms with Crippen molar-refractivity contribution >= 4 is 15.9 Å². The summed E-state index contributed by atoms with van der Waals surface area (Å²) < 4.78 is 0. The zero-order chi connectivity index (χ0) is 9.83. The molecule has 0 aromatic rings. The molecule has 1 unspecified atom stereocenters. The van der Waals surface area contributed by atoms with Gasteiger partial charge in [0.25, 0.3) is 0 Å². The van der Waals surface area contributed by atoms with Crippen LogP contribution >= 0.6 is 15.9 Å². The number of rotatable bonds is 4. The molecule has 1 heteroatoms. The predicted molar refractivity (Wildman–Crippen MR) is 60.9 cm³/mol. The fraction of sp³-hybridized carbons (Fsp3) is 1.00. The predicted octanol–water partition coefficient (Wildman–Crippen LogP) is 4.62. The van der Waals surface area contributed by atoms with Crippen LogP contribution in [-0.4, -0.2) is 5.33 Å². The Balaban J connectivity index is 3.89. The average molecular weight is 235 g/mol. The molecule has 0 radical (unpaired) electrons. The lowest BCUT2D eigenvalue weighted by Crippen LogP contribution is -2.20. The summed E-state index contributed by atoms with van der Waals surface area (Å²) in [6, 6.07) is 0. The van der Waals surface area contributed by atoms with E-state index in [1.807, 2.05) is 0 Å². The Hall–Kier alpha value is 0.480. The second-order valence-electron chi connectivity index (χ2n) is 5.36. The summed E-state index contributed by atoms with van der Waals surface area (Å²) in [6.07, 6.45) is 3.93. The molecule has 0 rings (SSSR count). The lowest BCUT2D eigenvalue weighted by atomic mass is 9.79. The maximum Gasteiger partial charge on any atom is 0.00852 e. The number of alkyl halides is 1. The van der Waals surface area contributed by atoms with Gasteiger partial charge in [0, 0.05) is 5.33 Å². The van der Waals surface area contributed by atoms with Gasteiger partial charge in [-0.25, -0.2) is 0 Å². The van der Waals surface area contributed by atoms with E-state index in [0.717, 1.165) is 5.33 Å². The summed E-state index contributed by atoms with van der Waals surface area (Å²) >= 11 is 3.60. The van der Waals surface area contributed by atoms with E-state index in [-0.39, 0.29) is 0 Å². The number of hydrogen-bond acceptors (Lipinski definition) is 0. The SMILES string of the molecule is CCC(C)(CBr)CCC(C)(C)C. The van der Waals surface area contributed by atoms with E-state index in [0.29, 0.717) is 10.8 Å². The van der Waals surface area contributed by atoms with Crippen LogP contribution in [0.4, 0.5) is 0 Å². The van der Waals surface area contributed by atoms with E-state index >= 15 is 0 Å². The third kappa shape index (κ3) is 5.18. The van der Waals surface area contributed by atoms with Gasteiger partial charge in [-0.3, -0.25) is 0 Å². The zero-order valence-corrected chi connectivity index (χ0v) is 10.8. The van der Waals surface area contributed by atoms with Gasteiger partial charge < -0.3 is 0 Å². The highest BCUT2D eigenvalue weighted by Gasteiger charge is 2.23. The van der Waals surface area contributed by atoms with Gasteiger partial charge in [-0.05, 0) is 30.1 Å². The quantitative estimate of drug-likeness (QED) is 0.623. The highest BCUT2D eigenvalue weighted by atomic mass is 79.9. The smallest absolute Gasteiger partial charge is 0.00852 e. The first-order chi connectivity index (χ1) is 5.33. The van der Waals surface area contributed by atoms with Gasteiger partial charge in [-0.1, -0.05) is 50.5 Å². The van der Waals surface area contributed by atoms with Gasteiger partial charge in [0.1, 0.15) is 0 Å². The van der Waals surface area contributed by atoms with Crippen LogP contribution in [0.1, 0.15) is 53.9 Å². The molecule has 0 aromatic carbocycles. The van der Waals surface area contributed by atoms with Crippen molar-refractivity contribution in [2.75, 3.05) is 5.33 Å². The maximum atomic E-state index is 3.60. The van der Waals surface area contributed by atoms with Crippen LogP contribution in [0, 0.1) is 10.8 Å². The molecule has 0 aromatic heterocycles. The van der Waals surface area contributed by atoms with E-state index in [9.17, 15) is 0 Å². The molecule has 74 valence electrons. The number of hydrogen-bond donors (Lipinski definition) is 0. The molecule has 0 bridgehead atoms. The Morgan fingerprint density at radius 3 is 1.75 bits per heavy atom. The first-order valence-electron chi connectivity index (χ1n) is 4.89. The largest absolute Gasteiger partial charge is 0.0922 e. The van der Waals surface area contributed by atoms with Gasteiger partial charge >= 0.3 is 0 Å². The highest BCUT2D eigenvalue weighted by Crippen LogP contribution is 2.34. The molecule has 0 saturated carbocycles. The van der Waals surface area contributed by atoms with Crippen LogP contribution in [0.3, 0.4) is 0 Å². The van der Waals surface area contributed by atoms with Gasteiger partial charge in [0.15, 0.2) is 0 Å². The molecule has 0 saturated heterocycles. The van der Waals surface area contributed by atoms with Gasteiger partial charge in [0.2, 0.25) is 0 Å². The van der Waals surface area contributed by atoms with Crippen LogP contribution in [-0.2, 0) is 0 Å². The Morgan fingerprint density at radius 1 is 1.00 bits per heavy atom. The summed E-state index contributed by atoms with van der Waals surface area (Å²) in [6.45, 7) is 11.6. The van der Waals surface area contributed by atoms with Crippen molar-refractivity contribution < 1.29 is 0 Å². The zero-order valence-electron chi connectivity index (χ0n) is 9.21. The Kier molecular flexibility index (Phi) is 4.83. The van der Waals surface area contributed by atoms with Crippen LogP contribution in [0.2, 0.25) is 0 Å². The second-order valence-corrected chi connectivity index (χ2v) is 5.92. The normalized spacial score (nSPS) is 17.5. The molecule has 0 aliphatic carbocycles. The fourth-order valence-corrected chi connectivity index (χ4v) is 1.69.